The number of aromatic nitrogens is 4. The van der Waals surface area contributed by atoms with Gasteiger partial charge < -0.3 is 10.1 Å². The standard InChI is InChI=1S/C12H25N5O/c1-10(2)12(3,4)9-17-11(14-15-16-17)8-13-6-7-18-5/h10,13H,6-9H2,1-5H3. The Bertz CT molecular complexity index is 348. The molecule has 0 atom stereocenters. The van der Waals surface area contributed by atoms with Crippen molar-refractivity contribution in [2.45, 2.75) is 40.8 Å². The first-order valence-electron chi connectivity index (χ1n) is 6.42. The maximum absolute atomic E-state index is 4.98. The van der Waals surface area contributed by atoms with Crippen molar-refractivity contribution in [1.29, 1.82) is 0 Å². The molecule has 0 unspecified atom stereocenters. The van der Waals surface area contributed by atoms with Gasteiger partial charge in [0.2, 0.25) is 0 Å². The summed E-state index contributed by atoms with van der Waals surface area (Å²) in [6.45, 7) is 11.9. The molecule has 0 aliphatic rings. The van der Waals surface area contributed by atoms with Crippen LogP contribution in [0.25, 0.3) is 0 Å². The van der Waals surface area contributed by atoms with E-state index in [1.165, 1.54) is 0 Å². The van der Waals surface area contributed by atoms with E-state index in [9.17, 15) is 0 Å². The van der Waals surface area contributed by atoms with Crippen molar-refractivity contribution in [3.63, 3.8) is 0 Å². The summed E-state index contributed by atoms with van der Waals surface area (Å²) in [4.78, 5) is 0. The van der Waals surface area contributed by atoms with Crippen LogP contribution >= 0.6 is 0 Å². The van der Waals surface area contributed by atoms with Crippen LogP contribution in [0.2, 0.25) is 0 Å². The number of methoxy groups -OCH3 is 1. The minimum atomic E-state index is 0.177. The SMILES string of the molecule is COCCNCc1nnnn1CC(C)(C)C(C)C. The highest BCUT2D eigenvalue weighted by Gasteiger charge is 2.24. The zero-order chi connectivity index (χ0) is 13.6. The molecule has 0 spiro atoms. The number of rotatable bonds is 8. The summed E-state index contributed by atoms with van der Waals surface area (Å²) in [6.07, 6.45) is 0. The smallest absolute Gasteiger partial charge is 0.165 e. The third-order valence-corrected chi connectivity index (χ3v) is 3.49. The van der Waals surface area contributed by atoms with Crippen molar-refractivity contribution in [2.75, 3.05) is 20.3 Å². The van der Waals surface area contributed by atoms with Crippen LogP contribution in [0, 0.1) is 11.3 Å². The third-order valence-electron chi connectivity index (χ3n) is 3.49. The van der Waals surface area contributed by atoms with E-state index in [0.29, 0.717) is 19.1 Å². The number of tetrazole rings is 1. The molecule has 1 rings (SSSR count). The summed E-state index contributed by atoms with van der Waals surface area (Å²) in [6, 6.07) is 0. The van der Waals surface area contributed by atoms with E-state index >= 15 is 0 Å². The largest absolute Gasteiger partial charge is 0.383 e. The summed E-state index contributed by atoms with van der Waals surface area (Å²) in [5.74, 6) is 1.45. The number of hydrogen-bond acceptors (Lipinski definition) is 5. The van der Waals surface area contributed by atoms with E-state index in [0.717, 1.165) is 18.9 Å². The van der Waals surface area contributed by atoms with E-state index in [4.69, 9.17) is 4.74 Å². The summed E-state index contributed by atoms with van der Waals surface area (Å²) >= 11 is 0. The summed E-state index contributed by atoms with van der Waals surface area (Å²) in [5, 5.41) is 15.1. The lowest BCUT2D eigenvalue weighted by Gasteiger charge is -2.29. The van der Waals surface area contributed by atoms with Gasteiger partial charge in [0.05, 0.1) is 19.7 Å². The van der Waals surface area contributed by atoms with Crippen LogP contribution in [0.4, 0.5) is 0 Å². The minimum Gasteiger partial charge on any atom is -0.383 e. The van der Waals surface area contributed by atoms with Crippen LogP contribution in [0.15, 0.2) is 0 Å². The molecule has 18 heavy (non-hydrogen) atoms. The third kappa shape index (κ3) is 4.34. The molecule has 0 saturated heterocycles. The van der Waals surface area contributed by atoms with Crippen molar-refractivity contribution in [3.8, 4) is 0 Å². The zero-order valence-electron chi connectivity index (χ0n) is 12.1. The average Bonchev–Trinajstić information content (AvgIpc) is 2.71. The monoisotopic (exact) mass is 255 g/mol. The van der Waals surface area contributed by atoms with Gasteiger partial charge in [-0.1, -0.05) is 27.7 Å². The van der Waals surface area contributed by atoms with Crippen molar-refractivity contribution in [3.05, 3.63) is 5.82 Å². The summed E-state index contributed by atoms with van der Waals surface area (Å²) in [7, 11) is 1.69. The predicted octanol–water partition coefficient (Wildman–Crippen LogP) is 1.09. The molecule has 0 aliphatic carbocycles. The molecule has 1 aromatic rings. The quantitative estimate of drug-likeness (QED) is 0.704. The Morgan fingerprint density at radius 1 is 1.39 bits per heavy atom. The van der Waals surface area contributed by atoms with Crippen molar-refractivity contribution < 1.29 is 4.74 Å². The maximum atomic E-state index is 4.98. The molecular weight excluding hydrogens is 230 g/mol. The van der Waals surface area contributed by atoms with Crippen LogP contribution in [0.3, 0.4) is 0 Å². The van der Waals surface area contributed by atoms with Gasteiger partial charge in [-0.05, 0) is 21.8 Å². The molecule has 6 heteroatoms. The average molecular weight is 255 g/mol. The number of nitrogens with zero attached hydrogens (tertiary/aromatic N) is 4. The Morgan fingerprint density at radius 2 is 2.11 bits per heavy atom. The Morgan fingerprint density at radius 3 is 2.72 bits per heavy atom. The molecule has 0 bridgehead atoms. The van der Waals surface area contributed by atoms with E-state index in [1.807, 2.05) is 4.68 Å². The molecule has 0 aromatic carbocycles. The molecule has 0 radical (unpaired) electrons. The lowest BCUT2D eigenvalue weighted by atomic mass is 9.81. The van der Waals surface area contributed by atoms with Gasteiger partial charge in [-0.15, -0.1) is 5.10 Å². The predicted molar refractivity (Wildman–Crippen MR) is 70.0 cm³/mol. The summed E-state index contributed by atoms with van der Waals surface area (Å²) < 4.78 is 6.87. The molecular formula is C12H25N5O. The fourth-order valence-electron chi connectivity index (χ4n) is 1.42. The van der Waals surface area contributed by atoms with Crippen LogP contribution in [-0.2, 0) is 17.8 Å². The molecule has 104 valence electrons. The van der Waals surface area contributed by atoms with Crippen LogP contribution in [0.1, 0.15) is 33.5 Å². The van der Waals surface area contributed by atoms with Crippen LogP contribution in [0.5, 0.6) is 0 Å². The molecule has 6 nitrogen and oxygen atoms in total. The van der Waals surface area contributed by atoms with Gasteiger partial charge in [-0.2, -0.15) is 0 Å². The number of ether oxygens (including phenoxy) is 1. The van der Waals surface area contributed by atoms with Crippen molar-refractivity contribution >= 4 is 0 Å². The van der Waals surface area contributed by atoms with Gasteiger partial charge >= 0.3 is 0 Å². The second-order valence-corrected chi connectivity index (χ2v) is 5.57. The minimum absolute atomic E-state index is 0.177. The molecule has 1 aromatic heterocycles. The van der Waals surface area contributed by atoms with Gasteiger partial charge in [-0.25, -0.2) is 4.68 Å². The normalized spacial score (nSPS) is 12.3. The highest BCUT2D eigenvalue weighted by atomic mass is 16.5. The topological polar surface area (TPSA) is 64.9 Å². The van der Waals surface area contributed by atoms with E-state index in [-0.39, 0.29) is 5.41 Å². The molecule has 0 amide bonds. The first-order chi connectivity index (χ1) is 8.47. The van der Waals surface area contributed by atoms with Gasteiger partial charge in [-0.3, -0.25) is 0 Å². The molecule has 0 fully saturated rings. The fourth-order valence-corrected chi connectivity index (χ4v) is 1.42. The van der Waals surface area contributed by atoms with Gasteiger partial charge in [0.15, 0.2) is 5.82 Å². The Balaban J connectivity index is 2.54. The highest BCUT2D eigenvalue weighted by molar-refractivity contribution is 4.83. The van der Waals surface area contributed by atoms with E-state index in [2.05, 4.69) is 48.5 Å². The highest BCUT2D eigenvalue weighted by Crippen LogP contribution is 2.27. The van der Waals surface area contributed by atoms with Gasteiger partial charge in [0, 0.05) is 13.7 Å². The molecule has 0 aliphatic heterocycles. The first-order valence-corrected chi connectivity index (χ1v) is 6.42. The van der Waals surface area contributed by atoms with E-state index in [1.54, 1.807) is 7.11 Å². The van der Waals surface area contributed by atoms with Gasteiger partial charge in [0.25, 0.3) is 0 Å². The molecule has 1 N–H and O–H groups in total. The first kappa shape index (κ1) is 15.0. The number of nitrogens with one attached hydrogen (secondary N) is 1. The Kier molecular flexibility index (Phi) is 5.68. The van der Waals surface area contributed by atoms with Crippen LogP contribution in [-0.4, -0.2) is 40.5 Å². The lowest BCUT2D eigenvalue weighted by Crippen LogP contribution is -2.29. The van der Waals surface area contributed by atoms with E-state index < -0.39 is 0 Å². The second kappa shape index (κ2) is 6.80. The number of hydrogen-bond donors (Lipinski definition) is 1. The lowest BCUT2D eigenvalue weighted by molar-refractivity contribution is 0.192. The maximum Gasteiger partial charge on any atom is 0.165 e. The Hall–Kier alpha value is -1.01. The van der Waals surface area contributed by atoms with Crippen molar-refractivity contribution in [1.82, 2.24) is 25.5 Å². The Labute approximate surface area is 109 Å². The summed E-state index contributed by atoms with van der Waals surface area (Å²) in [5.41, 5.74) is 0.177. The fraction of sp³-hybridized carbons (Fsp3) is 0.917. The molecule has 1 heterocycles. The van der Waals surface area contributed by atoms with Crippen molar-refractivity contribution in [2.24, 2.45) is 11.3 Å². The second-order valence-electron chi connectivity index (χ2n) is 5.57. The van der Waals surface area contributed by atoms with Crippen LogP contribution < -0.4 is 5.32 Å². The van der Waals surface area contributed by atoms with Gasteiger partial charge in [0.1, 0.15) is 0 Å². The zero-order valence-corrected chi connectivity index (χ0v) is 12.1. The molecule has 0 saturated carbocycles.